The number of nitrogens with zero attached hydrogens (tertiary/aromatic N) is 2. The van der Waals surface area contributed by atoms with Gasteiger partial charge in [-0.05, 0) is 33.6 Å². The Morgan fingerprint density at radius 1 is 1.42 bits per heavy atom. The molecule has 0 radical (unpaired) electrons. The minimum absolute atomic E-state index is 0.138. The van der Waals surface area contributed by atoms with Gasteiger partial charge in [-0.1, -0.05) is 0 Å². The van der Waals surface area contributed by atoms with E-state index in [4.69, 9.17) is 9.84 Å². The summed E-state index contributed by atoms with van der Waals surface area (Å²) in [7, 11) is 0. The average Bonchev–Trinajstić information content (AvgIpc) is 2.69. The minimum Gasteiger partial charge on any atom is -0.476 e. The third kappa shape index (κ3) is 2.69. The highest BCUT2D eigenvalue weighted by Gasteiger charge is 2.33. The van der Waals surface area contributed by atoms with Gasteiger partial charge in [0.1, 0.15) is 11.3 Å². The Balaban J connectivity index is 2.33. The Morgan fingerprint density at radius 2 is 2.11 bits per heavy atom. The molecule has 0 aliphatic carbocycles. The van der Waals surface area contributed by atoms with Crippen LogP contribution < -0.4 is 4.90 Å². The number of nitrogens with one attached hydrogen (secondary N) is 1. The van der Waals surface area contributed by atoms with E-state index in [1.54, 1.807) is 20.8 Å². The number of amides is 1. The topological polar surface area (TPSA) is 95.5 Å². The van der Waals surface area contributed by atoms with Crippen molar-refractivity contribution in [1.82, 2.24) is 10.2 Å². The molecule has 0 spiro atoms. The lowest BCUT2D eigenvalue weighted by atomic mass is 10.1. The molecular weight excluding hydrogens is 250 g/mol. The number of carboxylic acid groups (broad SMARTS) is 1. The predicted octanol–water partition coefficient (Wildman–Crippen LogP) is 1.80. The Labute approximate surface area is 110 Å². The summed E-state index contributed by atoms with van der Waals surface area (Å²) in [5.74, 6) is -1.16. The van der Waals surface area contributed by atoms with Crippen LogP contribution in [0.15, 0.2) is 0 Å². The molecule has 2 N–H and O–H groups in total. The van der Waals surface area contributed by atoms with E-state index in [0.29, 0.717) is 24.3 Å². The fourth-order valence-corrected chi connectivity index (χ4v) is 2.01. The molecule has 2 rings (SSSR count). The predicted molar refractivity (Wildman–Crippen MR) is 67.4 cm³/mol. The number of hydrogen-bond acceptors (Lipinski definition) is 4. The average molecular weight is 267 g/mol. The van der Waals surface area contributed by atoms with E-state index in [9.17, 15) is 9.59 Å². The zero-order chi connectivity index (χ0) is 14.2. The molecule has 19 heavy (non-hydrogen) atoms. The number of hydrogen-bond donors (Lipinski definition) is 2. The molecule has 0 aromatic carbocycles. The van der Waals surface area contributed by atoms with Crippen LogP contribution in [0.5, 0.6) is 0 Å². The van der Waals surface area contributed by atoms with E-state index >= 15 is 0 Å². The SMILES string of the molecule is CC(C)(C)OC(=O)N1CCCc2[nH]nc(C(=O)O)c21. The fourth-order valence-electron chi connectivity index (χ4n) is 2.01. The number of carbonyl (C=O) groups excluding carboxylic acids is 1. The van der Waals surface area contributed by atoms with Crippen LogP contribution in [-0.2, 0) is 11.2 Å². The molecule has 104 valence electrons. The van der Waals surface area contributed by atoms with Crippen LogP contribution in [0.3, 0.4) is 0 Å². The highest BCUT2D eigenvalue weighted by Crippen LogP contribution is 2.30. The first kappa shape index (κ1) is 13.4. The van der Waals surface area contributed by atoms with Crippen molar-refractivity contribution in [2.75, 3.05) is 11.4 Å². The van der Waals surface area contributed by atoms with Crippen LogP contribution in [0.4, 0.5) is 10.5 Å². The van der Waals surface area contributed by atoms with Crippen molar-refractivity contribution in [3.05, 3.63) is 11.4 Å². The summed E-state index contributed by atoms with van der Waals surface area (Å²) in [5.41, 5.74) is 0.227. The first-order valence-electron chi connectivity index (χ1n) is 6.10. The number of H-pyrrole nitrogens is 1. The third-order valence-electron chi connectivity index (χ3n) is 2.71. The highest BCUT2D eigenvalue weighted by atomic mass is 16.6. The Hall–Kier alpha value is -2.05. The Bertz CT molecular complexity index is 516. The number of fused-ring (bicyclic) bond motifs is 1. The molecule has 0 bridgehead atoms. The second-order valence-electron chi connectivity index (χ2n) is 5.44. The van der Waals surface area contributed by atoms with Gasteiger partial charge in [0.25, 0.3) is 0 Å². The van der Waals surface area contributed by atoms with Gasteiger partial charge in [0, 0.05) is 6.54 Å². The van der Waals surface area contributed by atoms with Crippen LogP contribution in [0.25, 0.3) is 0 Å². The van der Waals surface area contributed by atoms with Gasteiger partial charge in [-0.3, -0.25) is 10.00 Å². The highest BCUT2D eigenvalue weighted by molar-refractivity contribution is 5.99. The van der Waals surface area contributed by atoms with Crippen molar-refractivity contribution in [3.63, 3.8) is 0 Å². The van der Waals surface area contributed by atoms with Crippen molar-refractivity contribution >= 4 is 17.7 Å². The third-order valence-corrected chi connectivity index (χ3v) is 2.71. The molecule has 1 aromatic heterocycles. The lowest BCUT2D eigenvalue weighted by Crippen LogP contribution is -2.40. The smallest absolute Gasteiger partial charge is 0.414 e. The molecule has 1 amide bonds. The van der Waals surface area contributed by atoms with E-state index in [0.717, 1.165) is 6.42 Å². The van der Waals surface area contributed by atoms with Gasteiger partial charge < -0.3 is 9.84 Å². The number of anilines is 1. The number of ether oxygens (including phenoxy) is 1. The summed E-state index contributed by atoms with van der Waals surface area (Å²) >= 11 is 0. The number of aromatic carboxylic acids is 1. The molecule has 0 unspecified atom stereocenters. The van der Waals surface area contributed by atoms with Crippen molar-refractivity contribution in [2.45, 2.75) is 39.2 Å². The summed E-state index contributed by atoms with van der Waals surface area (Å²) in [5, 5.41) is 15.5. The summed E-state index contributed by atoms with van der Waals surface area (Å²) in [6.45, 7) is 5.73. The molecular formula is C12H17N3O4. The number of aromatic nitrogens is 2. The number of rotatable bonds is 1. The number of carboxylic acids is 1. The largest absolute Gasteiger partial charge is 0.476 e. The molecule has 0 saturated heterocycles. The molecule has 1 aliphatic rings. The van der Waals surface area contributed by atoms with Crippen molar-refractivity contribution in [2.24, 2.45) is 0 Å². The number of aromatic amines is 1. The van der Waals surface area contributed by atoms with Gasteiger partial charge in [-0.25, -0.2) is 9.59 Å². The minimum atomic E-state index is -1.16. The van der Waals surface area contributed by atoms with E-state index in [1.165, 1.54) is 4.90 Å². The van der Waals surface area contributed by atoms with Crippen LogP contribution in [0.1, 0.15) is 43.4 Å². The summed E-state index contributed by atoms with van der Waals surface area (Å²) < 4.78 is 5.29. The van der Waals surface area contributed by atoms with E-state index in [2.05, 4.69) is 10.2 Å². The zero-order valence-corrected chi connectivity index (χ0v) is 11.2. The molecule has 7 heteroatoms. The molecule has 1 aliphatic heterocycles. The normalized spacial score (nSPS) is 15.0. The van der Waals surface area contributed by atoms with Gasteiger partial charge in [0.2, 0.25) is 0 Å². The van der Waals surface area contributed by atoms with E-state index in [1.807, 2.05) is 0 Å². The maximum Gasteiger partial charge on any atom is 0.414 e. The van der Waals surface area contributed by atoms with Gasteiger partial charge >= 0.3 is 12.1 Å². The summed E-state index contributed by atoms with van der Waals surface area (Å²) in [4.78, 5) is 24.6. The Kier molecular flexibility index (Phi) is 3.21. The summed E-state index contributed by atoms with van der Waals surface area (Å²) in [6.07, 6.45) is 0.875. The monoisotopic (exact) mass is 267 g/mol. The van der Waals surface area contributed by atoms with Gasteiger partial charge in [0.05, 0.1) is 5.69 Å². The lowest BCUT2D eigenvalue weighted by molar-refractivity contribution is 0.0577. The maximum absolute atomic E-state index is 12.1. The van der Waals surface area contributed by atoms with E-state index in [-0.39, 0.29) is 5.69 Å². The second kappa shape index (κ2) is 4.56. The van der Waals surface area contributed by atoms with Gasteiger partial charge in [0.15, 0.2) is 5.69 Å². The molecule has 0 atom stereocenters. The Morgan fingerprint density at radius 3 is 2.68 bits per heavy atom. The van der Waals surface area contributed by atoms with Crippen molar-refractivity contribution in [3.8, 4) is 0 Å². The van der Waals surface area contributed by atoms with Crippen LogP contribution >= 0.6 is 0 Å². The lowest BCUT2D eigenvalue weighted by Gasteiger charge is -2.29. The molecule has 7 nitrogen and oxygen atoms in total. The van der Waals surface area contributed by atoms with Crippen molar-refractivity contribution in [1.29, 1.82) is 0 Å². The van der Waals surface area contributed by atoms with Gasteiger partial charge in [-0.15, -0.1) is 0 Å². The van der Waals surface area contributed by atoms with Crippen LogP contribution in [-0.4, -0.2) is 39.5 Å². The van der Waals surface area contributed by atoms with Gasteiger partial charge in [-0.2, -0.15) is 5.10 Å². The number of aryl methyl sites for hydroxylation is 1. The van der Waals surface area contributed by atoms with Crippen LogP contribution in [0, 0.1) is 0 Å². The molecule has 0 saturated carbocycles. The van der Waals surface area contributed by atoms with E-state index < -0.39 is 17.7 Å². The molecule has 2 heterocycles. The molecule has 0 fully saturated rings. The first-order chi connectivity index (χ1) is 8.79. The van der Waals surface area contributed by atoms with Crippen molar-refractivity contribution < 1.29 is 19.4 Å². The zero-order valence-electron chi connectivity index (χ0n) is 11.2. The summed E-state index contributed by atoms with van der Waals surface area (Å²) in [6, 6.07) is 0. The first-order valence-corrected chi connectivity index (χ1v) is 6.10. The standard InChI is InChI=1S/C12H17N3O4/c1-12(2,3)19-11(18)15-6-4-5-7-9(15)8(10(16)17)14-13-7/h4-6H2,1-3H3,(H,13,14)(H,16,17). The maximum atomic E-state index is 12.1. The quantitative estimate of drug-likeness (QED) is 0.808. The molecule has 1 aromatic rings. The van der Waals surface area contributed by atoms with Crippen LogP contribution in [0.2, 0.25) is 0 Å². The number of carbonyl (C=O) groups is 2. The fraction of sp³-hybridized carbons (Fsp3) is 0.583. The second-order valence-corrected chi connectivity index (χ2v) is 5.44.